The zero-order valence-electron chi connectivity index (χ0n) is 18.3. The summed E-state index contributed by atoms with van der Waals surface area (Å²) in [6, 6.07) is 17.0. The lowest BCUT2D eigenvalue weighted by Crippen LogP contribution is -2.25. The second-order valence-corrected chi connectivity index (χ2v) is 7.55. The largest absolute Gasteiger partial charge is 0.383 e. The molecule has 7 heteroatoms. The van der Waals surface area contributed by atoms with Gasteiger partial charge in [0.1, 0.15) is 11.6 Å². The predicted octanol–water partition coefficient (Wildman–Crippen LogP) is 5.06. The fourth-order valence-electron chi connectivity index (χ4n) is 3.09. The molecule has 0 aliphatic rings. The molecule has 7 nitrogen and oxygen atoms in total. The molecule has 0 radical (unpaired) electrons. The Kier molecular flexibility index (Phi) is 6.41. The molecule has 0 saturated carbocycles. The van der Waals surface area contributed by atoms with E-state index in [1.54, 1.807) is 12.1 Å². The van der Waals surface area contributed by atoms with Gasteiger partial charge in [0.25, 0.3) is 5.56 Å². The van der Waals surface area contributed by atoms with E-state index in [2.05, 4.69) is 21.4 Å². The van der Waals surface area contributed by atoms with Gasteiger partial charge in [0.2, 0.25) is 5.82 Å². The van der Waals surface area contributed by atoms with Crippen molar-refractivity contribution in [3.05, 3.63) is 87.3 Å². The average Bonchev–Trinajstić information content (AvgIpc) is 2.73. The van der Waals surface area contributed by atoms with Gasteiger partial charge < -0.3 is 4.90 Å². The van der Waals surface area contributed by atoms with Crippen LogP contribution in [0.2, 0.25) is 0 Å². The molecule has 0 bridgehead atoms. The maximum absolute atomic E-state index is 13.1. The highest BCUT2D eigenvalue weighted by Gasteiger charge is 2.20. The fourth-order valence-corrected chi connectivity index (χ4v) is 3.09. The number of aromatic nitrogens is 2. The maximum atomic E-state index is 13.1. The van der Waals surface area contributed by atoms with Crippen molar-refractivity contribution in [2.24, 2.45) is 10.2 Å². The highest BCUT2D eigenvalue weighted by atomic mass is 16.1. The molecule has 0 fully saturated rings. The SMILES string of the molecule is C/C(=C\N(C)C)c1c(N=Nc2ccc(C)cc2)nn(-c2ccc(C)cc2)c(=O)c1C#N. The molecule has 3 aromatic rings. The van der Waals surface area contributed by atoms with Gasteiger partial charge in [-0.3, -0.25) is 4.79 Å². The van der Waals surface area contributed by atoms with E-state index in [0.717, 1.165) is 11.1 Å². The maximum Gasteiger partial charge on any atom is 0.290 e. The molecule has 2 aromatic carbocycles. The molecular weight excluding hydrogens is 388 g/mol. The van der Waals surface area contributed by atoms with Crippen LogP contribution in [0.4, 0.5) is 11.5 Å². The lowest BCUT2D eigenvalue weighted by atomic mass is 10.0. The minimum absolute atomic E-state index is 0.0240. The molecule has 1 aromatic heterocycles. The molecule has 31 heavy (non-hydrogen) atoms. The Labute approximate surface area is 181 Å². The van der Waals surface area contributed by atoms with Crippen LogP contribution >= 0.6 is 0 Å². The molecule has 0 amide bonds. The van der Waals surface area contributed by atoms with E-state index >= 15 is 0 Å². The van der Waals surface area contributed by atoms with Crippen molar-refractivity contribution in [1.82, 2.24) is 14.7 Å². The third kappa shape index (κ3) is 4.93. The molecule has 0 N–H and O–H groups in total. The molecule has 0 atom stereocenters. The normalized spacial score (nSPS) is 11.5. The van der Waals surface area contributed by atoms with Crippen molar-refractivity contribution in [1.29, 1.82) is 5.26 Å². The van der Waals surface area contributed by atoms with Crippen molar-refractivity contribution < 1.29 is 0 Å². The van der Waals surface area contributed by atoms with Crippen LogP contribution in [-0.2, 0) is 0 Å². The third-order valence-corrected chi connectivity index (χ3v) is 4.61. The van der Waals surface area contributed by atoms with Gasteiger partial charge in [0, 0.05) is 20.3 Å². The summed E-state index contributed by atoms with van der Waals surface area (Å²) >= 11 is 0. The Morgan fingerprint density at radius 1 is 1.03 bits per heavy atom. The van der Waals surface area contributed by atoms with Crippen molar-refractivity contribution in [2.45, 2.75) is 20.8 Å². The first-order valence-electron chi connectivity index (χ1n) is 9.78. The van der Waals surface area contributed by atoms with Gasteiger partial charge in [-0.05, 0) is 50.6 Å². The highest BCUT2D eigenvalue weighted by Crippen LogP contribution is 2.28. The molecule has 0 unspecified atom stereocenters. The number of allylic oxidation sites excluding steroid dienone is 1. The number of rotatable bonds is 5. The molecule has 156 valence electrons. The summed E-state index contributed by atoms with van der Waals surface area (Å²) in [5, 5.41) is 22.9. The van der Waals surface area contributed by atoms with E-state index in [1.807, 2.05) is 82.4 Å². The topological polar surface area (TPSA) is 86.6 Å². The number of nitrogens with zero attached hydrogens (tertiary/aromatic N) is 6. The van der Waals surface area contributed by atoms with E-state index in [4.69, 9.17) is 0 Å². The van der Waals surface area contributed by atoms with E-state index in [1.165, 1.54) is 4.68 Å². The number of nitriles is 1. The van der Waals surface area contributed by atoms with Crippen LogP contribution in [0.15, 0.2) is 69.8 Å². The Morgan fingerprint density at radius 3 is 2.16 bits per heavy atom. The molecule has 3 rings (SSSR count). The lowest BCUT2D eigenvalue weighted by Gasteiger charge is -2.13. The molecule has 0 aliphatic carbocycles. The van der Waals surface area contributed by atoms with Crippen LogP contribution in [0.3, 0.4) is 0 Å². The average molecular weight is 412 g/mol. The Hall–Kier alpha value is -4.05. The zero-order valence-corrected chi connectivity index (χ0v) is 18.3. The third-order valence-electron chi connectivity index (χ3n) is 4.61. The second-order valence-electron chi connectivity index (χ2n) is 7.55. The minimum atomic E-state index is -0.498. The van der Waals surface area contributed by atoms with Gasteiger partial charge >= 0.3 is 0 Å². The number of hydrogen-bond donors (Lipinski definition) is 0. The quantitative estimate of drug-likeness (QED) is 0.548. The Bertz CT molecular complexity index is 1240. The summed E-state index contributed by atoms with van der Waals surface area (Å²) < 4.78 is 1.20. The first kappa shape index (κ1) is 21.7. The standard InChI is InChI=1S/C24H24N6O/c1-16-6-10-19(11-7-16)26-27-23-22(18(3)15-29(4)5)21(14-25)24(31)30(28-23)20-12-8-17(2)9-13-20/h6-13,15H,1-5H3/b18-15+,27-26?. The van der Waals surface area contributed by atoms with Crippen molar-refractivity contribution in [3.63, 3.8) is 0 Å². The summed E-state index contributed by atoms with van der Waals surface area (Å²) in [6.07, 6.45) is 1.82. The number of azo groups is 1. The van der Waals surface area contributed by atoms with Gasteiger partial charge in [0.05, 0.1) is 16.9 Å². The van der Waals surface area contributed by atoms with Gasteiger partial charge in [-0.15, -0.1) is 15.3 Å². The van der Waals surface area contributed by atoms with E-state index < -0.39 is 5.56 Å². The zero-order chi connectivity index (χ0) is 22.5. The molecule has 0 saturated heterocycles. The second kappa shape index (κ2) is 9.18. The predicted molar refractivity (Wildman–Crippen MR) is 122 cm³/mol. The van der Waals surface area contributed by atoms with Gasteiger partial charge in [-0.1, -0.05) is 35.4 Å². The van der Waals surface area contributed by atoms with Crippen LogP contribution in [0, 0.1) is 25.2 Å². The summed E-state index contributed by atoms with van der Waals surface area (Å²) in [5.74, 6) is 0.202. The van der Waals surface area contributed by atoms with Crippen LogP contribution in [-0.4, -0.2) is 28.8 Å². The van der Waals surface area contributed by atoms with E-state index in [9.17, 15) is 10.1 Å². The summed E-state index contributed by atoms with van der Waals surface area (Å²) in [7, 11) is 3.73. The van der Waals surface area contributed by atoms with Crippen molar-refractivity contribution in [2.75, 3.05) is 14.1 Å². The smallest absolute Gasteiger partial charge is 0.290 e. The minimum Gasteiger partial charge on any atom is -0.383 e. The van der Waals surface area contributed by atoms with E-state index in [-0.39, 0.29) is 11.4 Å². The molecule has 0 spiro atoms. The fraction of sp³-hybridized carbons (Fsp3) is 0.208. The van der Waals surface area contributed by atoms with Crippen LogP contribution < -0.4 is 5.56 Å². The van der Waals surface area contributed by atoms with Crippen molar-refractivity contribution >= 4 is 17.1 Å². The summed E-state index contributed by atoms with van der Waals surface area (Å²) in [5.41, 5.74) is 3.92. The van der Waals surface area contributed by atoms with E-state index in [0.29, 0.717) is 22.5 Å². The Morgan fingerprint density at radius 2 is 1.61 bits per heavy atom. The number of benzene rings is 2. The van der Waals surface area contributed by atoms with Crippen LogP contribution in [0.5, 0.6) is 0 Å². The highest BCUT2D eigenvalue weighted by molar-refractivity contribution is 5.75. The first-order chi connectivity index (χ1) is 14.8. The molecule has 1 heterocycles. The van der Waals surface area contributed by atoms with Gasteiger partial charge in [-0.25, -0.2) is 0 Å². The monoisotopic (exact) mass is 412 g/mol. The first-order valence-corrected chi connectivity index (χ1v) is 9.78. The number of aryl methyl sites for hydroxylation is 2. The van der Waals surface area contributed by atoms with Crippen molar-refractivity contribution in [3.8, 4) is 11.8 Å². The van der Waals surface area contributed by atoms with Gasteiger partial charge in [0.15, 0.2) is 0 Å². The summed E-state index contributed by atoms with van der Waals surface area (Å²) in [4.78, 5) is 15.0. The molecular formula is C24H24N6O. The molecule has 0 aliphatic heterocycles. The lowest BCUT2D eigenvalue weighted by molar-refractivity contribution is 0.565. The summed E-state index contributed by atoms with van der Waals surface area (Å²) in [6.45, 7) is 5.77. The number of hydrogen-bond acceptors (Lipinski definition) is 6. The Balaban J connectivity index is 2.27. The van der Waals surface area contributed by atoms with Crippen LogP contribution in [0.25, 0.3) is 11.3 Å². The van der Waals surface area contributed by atoms with Gasteiger partial charge in [-0.2, -0.15) is 9.94 Å². The van der Waals surface area contributed by atoms with Crippen LogP contribution in [0.1, 0.15) is 29.2 Å².